The van der Waals surface area contributed by atoms with Crippen molar-refractivity contribution in [1.29, 1.82) is 0 Å². The van der Waals surface area contributed by atoms with Crippen LogP contribution in [0.25, 0.3) is 11.1 Å². The Morgan fingerprint density at radius 1 is 1.18 bits per heavy atom. The summed E-state index contributed by atoms with van der Waals surface area (Å²) in [4.78, 5) is 36.6. The number of hydrogen-bond acceptors (Lipinski definition) is 9. The van der Waals surface area contributed by atoms with Crippen molar-refractivity contribution < 1.29 is 23.5 Å². The van der Waals surface area contributed by atoms with Gasteiger partial charge in [0.2, 0.25) is 5.71 Å². The predicted molar refractivity (Wildman–Crippen MR) is 99.4 cm³/mol. The monoisotopic (exact) mass is 384 g/mol. The summed E-state index contributed by atoms with van der Waals surface area (Å²) < 4.78 is 15.7. The second-order valence-electron chi connectivity index (χ2n) is 6.10. The molecule has 9 nitrogen and oxygen atoms in total. The highest BCUT2D eigenvalue weighted by Crippen LogP contribution is 2.29. The molecule has 0 spiro atoms. The number of hydrogen-bond donors (Lipinski definition) is 1. The first-order chi connectivity index (χ1) is 13.4. The molecule has 2 N–H and O–H groups in total. The van der Waals surface area contributed by atoms with Crippen LogP contribution in [0.1, 0.15) is 40.1 Å². The van der Waals surface area contributed by atoms with Crippen LogP contribution < -0.4 is 5.73 Å². The number of pyridine rings is 1. The van der Waals surface area contributed by atoms with Crippen molar-refractivity contribution in [2.45, 2.75) is 33.8 Å². The van der Waals surface area contributed by atoms with Gasteiger partial charge in [0.25, 0.3) is 0 Å². The van der Waals surface area contributed by atoms with Gasteiger partial charge in [0.15, 0.2) is 12.4 Å². The number of nitrogens with zero attached hydrogens (tertiary/aromatic N) is 3. The Morgan fingerprint density at radius 2 is 1.96 bits per heavy atom. The third kappa shape index (κ3) is 4.08. The molecule has 0 saturated heterocycles. The van der Waals surface area contributed by atoms with E-state index in [1.807, 2.05) is 19.1 Å². The highest BCUT2D eigenvalue weighted by molar-refractivity contribution is 6.07. The van der Waals surface area contributed by atoms with Gasteiger partial charge in [-0.2, -0.15) is 4.98 Å². The number of esters is 2. The molecule has 0 aliphatic carbocycles. The van der Waals surface area contributed by atoms with Crippen molar-refractivity contribution >= 4 is 28.9 Å². The van der Waals surface area contributed by atoms with Gasteiger partial charge < -0.3 is 19.6 Å². The van der Waals surface area contributed by atoms with Crippen molar-refractivity contribution in [3.05, 3.63) is 46.7 Å². The number of anilines is 1. The van der Waals surface area contributed by atoms with E-state index in [4.69, 9.17) is 19.6 Å². The maximum atomic E-state index is 12.1. The number of nitrogen functional groups attached to an aromatic ring is 1. The average molecular weight is 384 g/mol. The molecule has 0 amide bonds. The summed E-state index contributed by atoms with van der Waals surface area (Å²) in [6.07, 6.45) is 1.71. The van der Waals surface area contributed by atoms with Gasteiger partial charge in [-0.15, -0.1) is 0 Å². The molecule has 9 heteroatoms. The van der Waals surface area contributed by atoms with E-state index in [0.29, 0.717) is 5.76 Å². The van der Waals surface area contributed by atoms with Gasteiger partial charge in [0, 0.05) is 11.9 Å². The fourth-order valence-electron chi connectivity index (χ4n) is 2.66. The standard InChI is InChI=1S/C19H20N4O5/c1-4-26-19(25)15-11(3)28-18-16(15)17(20)22-13(23-18)9-27-14(24)7-12-6-5-10(2)21-8-12/h5-6,8H,4,7,9H2,1-3H3,(H2,20,22,23). The lowest BCUT2D eigenvalue weighted by Gasteiger charge is -2.06. The van der Waals surface area contributed by atoms with E-state index in [9.17, 15) is 9.59 Å². The maximum absolute atomic E-state index is 12.1. The quantitative estimate of drug-likeness (QED) is 0.636. The lowest BCUT2D eigenvalue weighted by Crippen LogP contribution is -2.11. The fourth-order valence-corrected chi connectivity index (χ4v) is 2.66. The lowest BCUT2D eigenvalue weighted by atomic mass is 10.2. The molecule has 3 aromatic rings. The molecule has 3 rings (SSSR count). The number of fused-ring (bicyclic) bond motifs is 1. The summed E-state index contributed by atoms with van der Waals surface area (Å²) in [5, 5.41) is 0.289. The molecule has 146 valence electrons. The van der Waals surface area contributed by atoms with Crippen LogP contribution in [0, 0.1) is 13.8 Å². The van der Waals surface area contributed by atoms with E-state index in [0.717, 1.165) is 11.3 Å². The van der Waals surface area contributed by atoms with E-state index >= 15 is 0 Å². The highest BCUT2D eigenvalue weighted by Gasteiger charge is 2.24. The minimum absolute atomic E-state index is 0.0543. The van der Waals surface area contributed by atoms with Crippen LogP contribution in [0.2, 0.25) is 0 Å². The smallest absolute Gasteiger partial charge is 0.342 e. The number of carbonyl (C=O) groups excluding carboxylic acids is 2. The summed E-state index contributed by atoms with van der Waals surface area (Å²) in [6.45, 7) is 5.23. The molecule has 3 heterocycles. The SMILES string of the molecule is CCOC(=O)c1c(C)oc2nc(COC(=O)Cc3ccc(C)nc3)nc(N)c12. The lowest BCUT2D eigenvalue weighted by molar-refractivity contribution is -0.144. The van der Waals surface area contributed by atoms with Gasteiger partial charge in [0.1, 0.15) is 17.1 Å². The number of rotatable bonds is 6. The highest BCUT2D eigenvalue weighted by atomic mass is 16.5. The van der Waals surface area contributed by atoms with Crippen LogP contribution in [-0.4, -0.2) is 33.5 Å². The van der Waals surface area contributed by atoms with Gasteiger partial charge in [-0.05, 0) is 32.4 Å². The Balaban J connectivity index is 1.74. The summed E-state index contributed by atoms with van der Waals surface area (Å²) in [6, 6.07) is 3.63. The Bertz CT molecular complexity index is 1030. The first kappa shape index (κ1) is 19.3. The minimum Gasteiger partial charge on any atom is -0.462 e. The zero-order valence-corrected chi connectivity index (χ0v) is 15.8. The van der Waals surface area contributed by atoms with Gasteiger partial charge in [0.05, 0.1) is 18.4 Å². The zero-order chi connectivity index (χ0) is 20.3. The Morgan fingerprint density at radius 3 is 2.64 bits per heavy atom. The van der Waals surface area contributed by atoms with E-state index in [1.165, 1.54) is 0 Å². The Hall–Kier alpha value is -3.49. The Kier molecular flexibility index (Phi) is 5.53. The summed E-state index contributed by atoms with van der Waals surface area (Å²) in [5.74, 6) is -0.450. The van der Waals surface area contributed by atoms with Gasteiger partial charge in [-0.3, -0.25) is 9.78 Å². The number of carbonyl (C=O) groups is 2. The van der Waals surface area contributed by atoms with Crippen LogP contribution in [0.15, 0.2) is 22.7 Å². The van der Waals surface area contributed by atoms with Crippen molar-refractivity contribution in [2.24, 2.45) is 0 Å². The number of furan rings is 1. The second-order valence-corrected chi connectivity index (χ2v) is 6.10. The van der Waals surface area contributed by atoms with Crippen LogP contribution >= 0.6 is 0 Å². The molecule has 0 atom stereocenters. The van der Waals surface area contributed by atoms with Crippen molar-refractivity contribution in [3.63, 3.8) is 0 Å². The van der Waals surface area contributed by atoms with Gasteiger partial charge >= 0.3 is 11.9 Å². The van der Waals surface area contributed by atoms with Gasteiger partial charge in [-0.1, -0.05) is 6.07 Å². The Labute approximate surface area is 160 Å². The maximum Gasteiger partial charge on any atom is 0.342 e. The largest absolute Gasteiger partial charge is 0.462 e. The molecule has 0 fully saturated rings. The van der Waals surface area contributed by atoms with E-state index < -0.39 is 11.9 Å². The number of aromatic nitrogens is 3. The van der Waals surface area contributed by atoms with Crippen molar-refractivity contribution in [3.8, 4) is 0 Å². The molecule has 3 aromatic heterocycles. The molecule has 28 heavy (non-hydrogen) atoms. The average Bonchev–Trinajstić information content (AvgIpc) is 2.98. The molecule has 0 saturated carbocycles. The van der Waals surface area contributed by atoms with E-state index in [2.05, 4.69) is 15.0 Å². The number of nitrogens with two attached hydrogens (primary N) is 1. The van der Waals surface area contributed by atoms with Crippen LogP contribution in [0.3, 0.4) is 0 Å². The summed E-state index contributed by atoms with van der Waals surface area (Å²) in [7, 11) is 0. The van der Waals surface area contributed by atoms with Crippen molar-refractivity contribution in [2.75, 3.05) is 12.3 Å². The van der Waals surface area contributed by atoms with Crippen LogP contribution in [0.4, 0.5) is 5.82 Å². The van der Waals surface area contributed by atoms with Crippen LogP contribution in [-0.2, 0) is 27.3 Å². The topological polar surface area (TPSA) is 130 Å². The number of aryl methyl sites for hydroxylation is 2. The van der Waals surface area contributed by atoms with E-state index in [-0.39, 0.29) is 47.9 Å². The first-order valence-electron chi connectivity index (χ1n) is 8.68. The predicted octanol–water partition coefficient (Wildman–Crippen LogP) is 2.28. The molecule has 0 bridgehead atoms. The fraction of sp³-hybridized carbons (Fsp3) is 0.316. The molecule has 0 aliphatic heterocycles. The normalized spacial score (nSPS) is 10.8. The van der Waals surface area contributed by atoms with E-state index in [1.54, 1.807) is 20.0 Å². The van der Waals surface area contributed by atoms with Crippen LogP contribution in [0.5, 0.6) is 0 Å². The molecular formula is C19H20N4O5. The van der Waals surface area contributed by atoms with Gasteiger partial charge in [-0.25, -0.2) is 9.78 Å². The second kappa shape index (κ2) is 8.03. The molecule has 0 radical (unpaired) electrons. The number of ether oxygens (including phenoxy) is 2. The first-order valence-corrected chi connectivity index (χ1v) is 8.68. The van der Waals surface area contributed by atoms with Crippen molar-refractivity contribution in [1.82, 2.24) is 15.0 Å². The third-order valence-electron chi connectivity index (χ3n) is 3.96. The zero-order valence-electron chi connectivity index (χ0n) is 15.8. The third-order valence-corrected chi connectivity index (χ3v) is 3.96. The summed E-state index contributed by atoms with van der Waals surface area (Å²) in [5.41, 5.74) is 7.93. The molecule has 0 aromatic carbocycles. The molecular weight excluding hydrogens is 364 g/mol. The molecule has 0 unspecified atom stereocenters. The molecule has 0 aliphatic rings. The summed E-state index contributed by atoms with van der Waals surface area (Å²) >= 11 is 0. The minimum atomic E-state index is -0.556.